The molecule has 1 aromatic rings. The first kappa shape index (κ1) is 21.0. The van der Waals surface area contributed by atoms with Crippen LogP contribution in [0.4, 0.5) is 10.1 Å². The zero-order valence-electron chi connectivity index (χ0n) is 13.9. The highest BCUT2D eigenvalue weighted by molar-refractivity contribution is 14.0. The Kier molecular flexibility index (Phi) is 8.82. The van der Waals surface area contributed by atoms with Crippen LogP contribution in [0.2, 0.25) is 0 Å². The summed E-state index contributed by atoms with van der Waals surface area (Å²) in [6.07, 6.45) is 2.43. The maximum absolute atomic E-state index is 12.8. The van der Waals surface area contributed by atoms with Crippen molar-refractivity contribution in [3.63, 3.8) is 0 Å². The zero-order valence-corrected chi connectivity index (χ0v) is 17.0. The predicted molar refractivity (Wildman–Crippen MR) is 110 cm³/mol. The molecule has 0 radical (unpaired) electrons. The van der Waals surface area contributed by atoms with Crippen LogP contribution >= 0.6 is 35.7 Å². The number of carbonyl (C=O) groups is 1. The number of anilines is 1. The Bertz CT molecular complexity index is 562. The highest BCUT2D eigenvalue weighted by Gasteiger charge is 2.29. The number of benzene rings is 1. The molecular weight excluding hydrogens is 442 g/mol. The van der Waals surface area contributed by atoms with Crippen LogP contribution in [-0.2, 0) is 4.79 Å². The van der Waals surface area contributed by atoms with Crippen molar-refractivity contribution in [3.05, 3.63) is 30.1 Å². The van der Waals surface area contributed by atoms with E-state index in [4.69, 9.17) is 0 Å². The van der Waals surface area contributed by atoms with E-state index in [2.05, 4.69) is 27.9 Å². The number of thioether (sulfide) groups is 1. The summed E-state index contributed by atoms with van der Waals surface area (Å²) in [4.78, 5) is 16.0. The molecule has 1 unspecified atom stereocenters. The van der Waals surface area contributed by atoms with Crippen LogP contribution in [0.1, 0.15) is 19.8 Å². The molecule has 24 heavy (non-hydrogen) atoms. The second kappa shape index (κ2) is 10.1. The summed E-state index contributed by atoms with van der Waals surface area (Å²) in [5.74, 6) is 1.27. The molecule has 2 rings (SSSR count). The average molecular weight is 466 g/mol. The molecule has 0 aliphatic carbocycles. The molecular formula is C16H24FIN4OS. The van der Waals surface area contributed by atoms with Crippen LogP contribution in [0.3, 0.4) is 0 Å². The molecule has 1 atom stereocenters. The summed E-state index contributed by atoms with van der Waals surface area (Å²) in [6, 6.07) is 5.67. The molecule has 1 aliphatic heterocycles. The third-order valence-corrected chi connectivity index (χ3v) is 5.24. The molecule has 1 heterocycles. The Morgan fingerprint density at radius 3 is 2.62 bits per heavy atom. The van der Waals surface area contributed by atoms with Crippen molar-refractivity contribution in [2.45, 2.75) is 24.5 Å². The molecule has 1 fully saturated rings. The van der Waals surface area contributed by atoms with Gasteiger partial charge < -0.3 is 16.0 Å². The number of amides is 1. The Hall–Kier alpha value is -1.03. The van der Waals surface area contributed by atoms with Crippen molar-refractivity contribution in [3.8, 4) is 0 Å². The minimum Gasteiger partial charge on any atom is -0.355 e. The third kappa shape index (κ3) is 6.84. The number of hydrogen-bond acceptors (Lipinski definition) is 3. The van der Waals surface area contributed by atoms with Crippen molar-refractivity contribution in [1.29, 1.82) is 0 Å². The quantitative estimate of drug-likeness (QED) is 0.355. The lowest BCUT2D eigenvalue weighted by Crippen LogP contribution is -2.45. The van der Waals surface area contributed by atoms with E-state index in [0.29, 0.717) is 11.6 Å². The average Bonchev–Trinajstić information content (AvgIpc) is 2.97. The summed E-state index contributed by atoms with van der Waals surface area (Å²) in [6.45, 7) is 3.16. The highest BCUT2D eigenvalue weighted by atomic mass is 127. The molecule has 1 aromatic carbocycles. The summed E-state index contributed by atoms with van der Waals surface area (Å²) < 4.78 is 13.0. The van der Waals surface area contributed by atoms with E-state index in [0.717, 1.165) is 6.54 Å². The molecule has 8 heteroatoms. The van der Waals surface area contributed by atoms with Gasteiger partial charge in [0, 0.05) is 24.0 Å². The topological polar surface area (TPSA) is 65.5 Å². The minimum atomic E-state index is -0.330. The Labute approximate surface area is 163 Å². The molecule has 0 saturated carbocycles. The number of nitrogens with zero attached hydrogens (tertiary/aromatic N) is 1. The predicted octanol–water partition coefficient (Wildman–Crippen LogP) is 2.83. The fraction of sp³-hybridized carbons (Fsp3) is 0.500. The molecule has 1 aliphatic rings. The van der Waals surface area contributed by atoms with Crippen molar-refractivity contribution in [2.75, 3.05) is 31.2 Å². The normalized spacial score (nSPS) is 20.2. The Morgan fingerprint density at radius 2 is 2.04 bits per heavy atom. The number of halogens is 2. The first-order valence-corrected chi connectivity index (χ1v) is 8.63. The molecule has 5 nitrogen and oxygen atoms in total. The van der Waals surface area contributed by atoms with Crippen molar-refractivity contribution in [2.24, 2.45) is 4.99 Å². The second-order valence-corrected chi connectivity index (χ2v) is 7.42. The number of guanidine groups is 1. The first-order chi connectivity index (χ1) is 11.0. The lowest BCUT2D eigenvalue weighted by molar-refractivity contribution is -0.115. The van der Waals surface area contributed by atoms with Crippen molar-refractivity contribution < 1.29 is 9.18 Å². The number of hydrogen-bond donors (Lipinski definition) is 3. The second-order valence-electron chi connectivity index (χ2n) is 5.74. The van der Waals surface area contributed by atoms with E-state index < -0.39 is 0 Å². The number of aliphatic imine (C=N–C) groups is 1. The van der Waals surface area contributed by atoms with E-state index in [1.54, 1.807) is 7.05 Å². The summed E-state index contributed by atoms with van der Waals surface area (Å²) in [5.41, 5.74) is 0.566. The summed E-state index contributed by atoms with van der Waals surface area (Å²) >= 11 is 1.97. The molecule has 3 N–H and O–H groups in total. The number of rotatable bonds is 5. The fourth-order valence-corrected chi connectivity index (χ4v) is 3.61. The minimum absolute atomic E-state index is 0. The van der Waals surface area contributed by atoms with Gasteiger partial charge in [0.05, 0.1) is 6.54 Å². The SMILES string of the molecule is CN=C(NCC(=O)Nc1ccc(F)cc1)NCC1(C)CCCS1.I. The number of carbonyl (C=O) groups excluding carboxylic acids is 1. The van der Waals surface area contributed by atoms with Gasteiger partial charge in [-0.3, -0.25) is 9.79 Å². The van der Waals surface area contributed by atoms with Gasteiger partial charge in [-0.15, -0.1) is 24.0 Å². The lowest BCUT2D eigenvalue weighted by Gasteiger charge is -2.24. The van der Waals surface area contributed by atoms with Crippen LogP contribution in [0.15, 0.2) is 29.3 Å². The van der Waals surface area contributed by atoms with Gasteiger partial charge in [0.2, 0.25) is 5.91 Å². The van der Waals surface area contributed by atoms with Gasteiger partial charge in [0.15, 0.2) is 5.96 Å². The van der Waals surface area contributed by atoms with Gasteiger partial charge in [-0.25, -0.2) is 4.39 Å². The summed E-state index contributed by atoms with van der Waals surface area (Å²) in [5, 5.41) is 8.95. The maximum Gasteiger partial charge on any atom is 0.243 e. The third-order valence-electron chi connectivity index (χ3n) is 3.70. The van der Waals surface area contributed by atoms with E-state index in [9.17, 15) is 9.18 Å². The van der Waals surface area contributed by atoms with Crippen LogP contribution in [0.5, 0.6) is 0 Å². The zero-order chi connectivity index (χ0) is 16.7. The van der Waals surface area contributed by atoms with E-state index in [1.807, 2.05) is 11.8 Å². The maximum atomic E-state index is 12.8. The molecule has 1 amide bonds. The Morgan fingerprint density at radius 1 is 1.33 bits per heavy atom. The lowest BCUT2D eigenvalue weighted by atomic mass is 10.1. The van der Waals surface area contributed by atoms with Crippen molar-refractivity contribution in [1.82, 2.24) is 10.6 Å². The fourth-order valence-electron chi connectivity index (χ4n) is 2.37. The van der Waals surface area contributed by atoms with Crippen LogP contribution < -0.4 is 16.0 Å². The van der Waals surface area contributed by atoms with E-state index in [1.165, 1.54) is 42.9 Å². The first-order valence-electron chi connectivity index (χ1n) is 7.65. The van der Waals surface area contributed by atoms with Gasteiger partial charge in [-0.05, 0) is 49.8 Å². The Balaban J connectivity index is 0.00000288. The largest absolute Gasteiger partial charge is 0.355 e. The van der Waals surface area contributed by atoms with Gasteiger partial charge in [-0.1, -0.05) is 0 Å². The van der Waals surface area contributed by atoms with Crippen LogP contribution in [0.25, 0.3) is 0 Å². The molecule has 1 saturated heterocycles. The van der Waals surface area contributed by atoms with Crippen LogP contribution in [0, 0.1) is 5.82 Å². The van der Waals surface area contributed by atoms with Gasteiger partial charge in [-0.2, -0.15) is 11.8 Å². The van der Waals surface area contributed by atoms with Gasteiger partial charge in [0.25, 0.3) is 0 Å². The van der Waals surface area contributed by atoms with Gasteiger partial charge in [0.1, 0.15) is 5.82 Å². The van der Waals surface area contributed by atoms with E-state index in [-0.39, 0.29) is 47.0 Å². The highest BCUT2D eigenvalue weighted by Crippen LogP contribution is 2.36. The summed E-state index contributed by atoms with van der Waals surface area (Å²) in [7, 11) is 1.68. The molecule has 134 valence electrons. The molecule has 0 bridgehead atoms. The van der Waals surface area contributed by atoms with E-state index >= 15 is 0 Å². The molecule has 0 aromatic heterocycles. The standard InChI is InChI=1S/C16H23FN4OS.HI/c1-16(8-3-9-23-16)11-20-15(18-2)19-10-14(22)21-13-6-4-12(17)5-7-13;/h4-7H,3,8-11H2,1-2H3,(H,21,22)(H2,18,19,20);1H. The number of nitrogens with one attached hydrogen (secondary N) is 3. The van der Waals surface area contributed by atoms with Crippen LogP contribution in [-0.4, -0.2) is 42.5 Å². The van der Waals surface area contributed by atoms with Gasteiger partial charge >= 0.3 is 0 Å². The molecule has 0 spiro atoms. The monoisotopic (exact) mass is 466 g/mol. The van der Waals surface area contributed by atoms with Crippen molar-refractivity contribution >= 4 is 53.3 Å². The smallest absolute Gasteiger partial charge is 0.243 e.